The molecule has 0 aromatic carbocycles. The number of rotatable bonds is 9. The Morgan fingerprint density at radius 3 is 2.43 bits per heavy atom. The second-order valence-corrected chi connectivity index (χ2v) is 5.14. The summed E-state index contributed by atoms with van der Waals surface area (Å²) >= 11 is 0. The fraction of sp³-hybridized carbons (Fsp3) is 0.917. The van der Waals surface area contributed by atoms with E-state index >= 15 is 0 Å². The van der Waals surface area contributed by atoms with E-state index in [2.05, 4.69) is 5.32 Å². The summed E-state index contributed by atoms with van der Waals surface area (Å²) in [4.78, 5) is 11.3. The molecule has 124 valence electrons. The maximum atomic E-state index is 11.3. The maximum Gasteiger partial charge on any atom is 0.320 e. The number of aliphatic hydroxyl groups is 4. The van der Waals surface area contributed by atoms with Crippen molar-refractivity contribution in [1.82, 2.24) is 5.32 Å². The number of nitrogens with one attached hydrogen (secondary N) is 1. The third-order valence-corrected chi connectivity index (χ3v) is 3.62. The van der Waals surface area contributed by atoms with Crippen LogP contribution in [0.2, 0.25) is 0 Å². The molecule has 0 unspecified atom stereocenters. The zero-order chi connectivity index (χ0) is 16.0. The van der Waals surface area contributed by atoms with Crippen molar-refractivity contribution in [2.24, 2.45) is 5.73 Å². The Balaban J connectivity index is 2.80. The molecule has 0 radical (unpaired) electrons. The lowest BCUT2D eigenvalue weighted by Gasteiger charge is -2.34. The minimum absolute atomic E-state index is 0.226. The number of unbranched alkanes of at least 4 members (excludes halogenated alkanes) is 1. The monoisotopic (exact) mass is 308 g/mol. The number of carbonyl (C=O) groups is 1. The van der Waals surface area contributed by atoms with Crippen LogP contribution in [-0.2, 0) is 9.53 Å². The molecule has 0 spiro atoms. The number of aliphatic hydroxyl groups excluding tert-OH is 4. The number of ether oxygens (including phenoxy) is 1. The summed E-state index contributed by atoms with van der Waals surface area (Å²) in [5.74, 6) is -1.17. The van der Waals surface area contributed by atoms with Crippen molar-refractivity contribution in [2.45, 2.75) is 49.3 Å². The van der Waals surface area contributed by atoms with Crippen LogP contribution in [-0.4, -0.2) is 81.3 Å². The first-order chi connectivity index (χ1) is 9.91. The molecule has 0 bridgehead atoms. The van der Waals surface area contributed by atoms with Crippen LogP contribution in [0, 0.1) is 0 Å². The van der Waals surface area contributed by atoms with Crippen LogP contribution in [0.15, 0.2) is 0 Å². The fourth-order valence-corrected chi connectivity index (χ4v) is 2.37. The van der Waals surface area contributed by atoms with Gasteiger partial charge in [-0.25, -0.2) is 0 Å². The molecule has 9 nitrogen and oxygen atoms in total. The number of aliphatic carboxylic acids is 1. The molecule has 1 fully saturated rings. The summed E-state index contributed by atoms with van der Waals surface area (Å²) in [6, 6.07) is -1.08. The molecule has 1 heterocycles. The van der Waals surface area contributed by atoms with Gasteiger partial charge in [-0.15, -0.1) is 0 Å². The van der Waals surface area contributed by atoms with E-state index < -0.39 is 49.3 Å². The maximum absolute atomic E-state index is 11.3. The van der Waals surface area contributed by atoms with Crippen LogP contribution in [0.5, 0.6) is 0 Å². The van der Waals surface area contributed by atoms with Crippen molar-refractivity contribution in [3.63, 3.8) is 0 Å². The van der Waals surface area contributed by atoms with Gasteiger partial charge in [0.2, 0.25) is 0 Å². The van der Waals surface area contributed by atoms with Crippen molar-refractivity contribution < 1.29 is 35.1 Å². The predicted molar refractivity (Wildman–Crippen MR) is 71.3 cm³/mol. The van der Waals surface area contributed by atoms with Gasteiger partial charge in [0.05, 0.1) is 13.2 Å². The van der Waals surface area contributed by atoms with Gasteiger partial charge in [0.25, 0.3) is 0 Å². The lowest BCUT2D eigenvalue weighted by Crippen LogP contribution is -2.62. The Morgan fingerprint density at radius 1 is 1.33 bits per heavy atom. The minimum Gasteiger partial charge on any atom is -0.480 e. The quantitative estimate of drug-likeness (QED) is 0.219. The summed E-state index contributed by atoms with van der Waals surface area (Å²) in [7, 11) is 0. The topological polar surface area (TPSA) is 166 Å². The van der Waals surface area contributed by atoms with Gasteiger partial charge < -0.3 is 36.0 Å². The van der Waals surface area contributed by atoms with Crippen LogP contribution in [0.1, 0.15) is 19.3 Å². The van der Waals surface area contributed by atoms with Crippen molar-refractivity contribution in [2.75, 3.05) is 19.8 Å². The Morgan fingerprint density at radius 2 is 2.00 bits per heavy atom. The lowest BCUT2D eigenvalue weighted by atomic mass is 10.0. The van der Waals surface area contributed by atoms with E-state index in [0.717, 1.165) is 0 Å². The first kappa shape index (κ1) is 18.2. The van der Waals surface area contributed by atoms with Crippen molar-refractivity contribution >= 4 is 5.97 Å². The van der Waals surface area contributed by atoms with E-state index in [4.69, 9.17) is 15.6 Å². The second kappa shape index (κ2) is 7.99. The lowest BCUT2D eigenvalue weighted by molar-refractivity contribution is -0.158. The van der Waals surface area contributed by atoms with Gasteiger partial charge in [-0.3, -0.25) is 10.1 Å². The van der Waals surface area contributed by atoms with E-state index in [1.807, 2.05) is 0 Å². The Bertz CT molecular complexity index is 344. The Hall–Kier alpha value is -0.810. The average molecular weight is 308 g/mol. The average Bonchev–Trinajstić information content (AvgIpc) is 2.71. The van der Waals surface area contributed by atoms with Gasteiger partial charge in [0.1, 0.15) is 24.4 Å². The molecule has 1 rings (SSSR count). The summed E-state index contributed by atoms with van der Waals surface area (Å²) in [5.41, 5.74) is 3.53. The molecule has 0 aromatic heterocycles. The highest BCUT2D eigenvalue weighted by Gasteiger charge is 2.54. The number of carboxylic acid groups (broad SMARTS) is 1. The molecule has 21 heavy (non-hydrogen) atoms. The van der Waals surface area contributed by atoms with E-state index in [-0.39, 0.29) is 6.42 Å². The first-order valence-corrected chi connectivity index (χ1v) is 6.88. The van der Waals surface area contributed by atoms with Gasteiger partial charge in [0.15, 0.2) is 5.72 Å². The van der Waals surface area contributed by atoms with E-state index in [0.29, 0.717) is 19.4 Å². The van der Waals surface area contributed by atoms with Gasteiger partial charge in [-0.2, -0.15) is 0 Å². The van der Waals surface area contributed by atoms with E-state index in [1.54, 1.807) is 0 Å². The Kier molecular flexibility index (Phi) is 6.94. The van der Waals surface area contributed by atoms with Gasteiger partial charge >= 0.3 is 5.97 Å². The number of hydrogen-bond acceptors (Lipinski definition) is 8. The Labute approximate surface area is 122 Å². The molecule has 5 atom stereocenters. The van der Waals surface area contributed by atoms with Crippen LogP contribution in [0.3, 0.4) is 0 Å². The first-order valence-electron chi connectivity index (χ1n) is 6.88. The standard InChI is InChI=1S/C12H24N2O7/c13-4-2-1-3-7(11(19)20)14-12(6-16)10(18)9(17)8(5-15)21-12/h7-10,14-18H,1-6,13H2,(H,19,20)/t7-,8+,9+,10-,12-/m0/s1. The summed E-state index contributed by atoms with van der Waals surface area (Å²) in [5, 5.41) is 50.0. The zero-order valence-corrected chi connectivity index (χ0v) is 11.7. The molecule has 1 aliphatic rings. The highest BCUT2D eigenvalue weighted by Crippen LogP contribution is 2.29. The minimum atomic E-state index is -1.82. The fourth-order valence-electron chi connectivity index (χ4n) is 2.37. The summed E-state index contributed by atoms with van der Waals surface area (Å²) in [6.07, 6.45) is -2.67. The highest BCUT2D eigenvalue weighted by atomic mass is 16.6. The van der Waals surface area contributed by atoms with Crippen molar-refractivity contribution in [3.8, 4) is 0 Å². The second-order valence-electron chi connectivity index (χ2n) is 5.14. The molecular weight excluding hydrogens is 284 g/mol. The van der Waals surface area contributed by atoms with Crippen LogP contribution >= 0.6 is 0 Å². The summed E-state index contributed by atoms with van der Waals surface area (Å²) in [6.45, 7) is -0.878. The molecule has 0 aliphatic carbocycles. The number of carboxylic acids is 1. The molecule has 1 saturated heterocycles. The molecule has 0 aromatic rings. The molecule has 9 heteroatoms. The third kappa shape index (κ3) is 4.10. The molecular formula is C12H24N2O7. The van der Waals surface area contributed by atoms with Crippen molar-refractivity contribution in [1.29, 1.82) is 0 Å². The zero-order valence-electron chi connectivity index (χ0n) is 11.7. The molecule has 8 N–H and O–H groups in total. The van der Waals surface area contributed by atoms with E-state index in [9.17, 15) is 25.2 Å². The third-order valence-electron chi connectivity index (χ3n) is 3.62. The molecule has 0 saturated carbocycles. The van der Waals surface area contributed by atoms with Crippen LogP contribution in [0.4, 0.5) is 0 Å². The van der Waals surface area contributed by atoms with Crippen LogP contribution < -0.4 is 11.1 Å². The highest BCUT2D eigenvalue weighted by molar-refractivity contribution is 5.73. The van der Waals surface area contributed by atoms with E-state index in [1.165, 1.54) is 0 Å². The van der Waals surface area contributed by atoms with Gasteiger partial charge in [-0.1, -0.05) is 6.42 Å². The largest absolute Gasteiger partial charge is 0.480 e. The smallest absolute Gasteiger partial charge is 0.320 e. The molecule has 0 amide bonds. The molecule has 1 aliphatic heterocycles. The van der Waals surface area contributed by atoms with Gasteiger partial charge in [-0.05, 0) is 19.4 Å². The van der Waals surface area contributed by atoms with Crippen molar-refractivity contribution in [3.05, 3.63) is 0 Å². The van der Waals surface area contributed by atoms with Gasteiger partial charge in [0, 0.05) is 0 Å². The summed E-state index contributed by atoms with van der Waals surface area (Å²) < 4.78 is 5.26. The van der Waals surface area contributed by atoms with Crippen LogP contribution in [0.25, 0.3) is 0 Å². The normalized spacial score (nSPS) is 34.0. The SMILES string of the molecule is NCCCC[C@H](N[C@@]1(CO)O[C@H](CO)[C@@H](O)[C@@H]1O)C(=O)O. The predicted octanol–water partition coefficient (Wildman–Crippen LogP) is -3.04. The number of nitrogens with two attached hydrogens (primary N) is 1. The number of hydrogen-bond donors (Lipinski definition) is 7.